The first kappa shape index (κ1) is 20.1. The van der Waals surface area contributed by atoms with E-state index in [-0.39, 0.29) is 35.6 Å². The van der Waals surface area contributed by atoms with Gasteiger partial charge >= 0.3 is 0 Å². The van der Waals surface area contributed by atoms with E-state index in [4.69, 9.17) is 22.1 Å². The van der Waals surface area contributed by atoms with E-state index in [1.807, 2.05) is 20.8 Å². The predicted octanol–water partition coefficient (Wildman–Crippen LogP) is 2.05. The predicted molar refractivity (Wildman–Crippen MR) is 116 cm³/mol. The Morgan fingerprint density at radius 2 is 2.13 bits per heavy atom. The van der Waals surface area contributed by atoms with Crippen molar-refractivity contribution in [1.29, 1.82) is 0 Å². The van der Waals surface area contributed by atoms with Gasteiger partial charge in [0.2, 0.25) is 5.95 Å². The Labute approximate surface area is 179 Å². The van der Waals surface area contributed by atoms with Crippen LogP contribution in [0, 0.1) is 13.8 Å². The summed E-state index contributed by atoms with van der Waals surface area (Å²) >= 11 is 6.38. The van der Waals surface area contributed by atoms with E-state index in [1.165, 1.54) is 4.90 Å². The van der Waals surface area contributed by atoms with Crippen LogP contribution in [0.15, 0.2) is 17.3 Å². The number of fused-ring (bicyclic) bond motifs is 1. The summed E-state index contributed by atoms with van der Waals surface area (Å²) in [5.41, 5.74) is 9.16. The second-order valence-corrected chi connectivity index (χ2v) is 7.67. The fraction of sp³-hybridized carbons (Fsp3) is 0.350. The molecule has 10 heteroatoms. The van der Waals surface area contributed by atoms with E-state index < -0.39 is 0 Å². The van der Waals surface area contributed by atoms with Crippen molar-refractivity contribution in [2.24, 2.45) is 4.99 Å². The van der Waals surface area contributed by atoms with Crippen LogP contribution in [0.3, 0.4) is 0 Å². The van der Waals surface area contributed by atoms with Crippen molar-refractivity contribution >= 4 is 41.2 Å². The van der Waals surface area contributed by atoms with Crippen LogP contribution in [-0.4, -0.2) is 46.4 Å². The molecule has 0 fully saturated rings. The summed E-state index contributed by atoms with van der Waals surface area (Å²) in [5.74, 6) is 0.856. The zero-order valence-electron chi connectivity index (χ0n) is 17.1. The third-order valence-electron chi connectivity index (χ3n) is 5.36. The monoisotopic (exact) mass is 427 g/mol. The molecule has 2 aliphatic heterocycles. The van der Waals surface area contributed by atoms with Crippen molar-refractivity contribution in [3.05, 3.63) is 39.8 Å². The molecule has 1 amide bonds. The fourth-order valence-electron chi connectivity index (χ4n) is 3.73. The van der Waals surface area contributed by atoms with Gasteiger partial charge in [-0.15, -0.1) is 0 Å². The van der Waals surface area contributed by atoms with E-state index in [0.29, 0.717) is 22.6 Å². The highest BCUT2D eigenvalue weighted by Crippen LogP contribution is 2.41. The minimum atomic E-state index is -0.248. The lowest BCUT2D eigenvalue weighted by atomic mass is 10.0. The Kier molecular flexibility index (Phi) is 5.07. The Hall–Kier alpha value is -3.20. The van der Waals surface area contributed by atoms with Gasteiger partial charge in [-0.25, -0.2) is 4.98 Å². The lowest BCUT2D eigenvalue weighted by Gasteiger charge is -2.19. The molecule has 2 unspecified atom stereocenters. The zero-order chi connectivity index (χ0) is 21.6. The number of anilines is 2. The Morgan fingerprint density at radius 3 is 2.80 bits per heavy atom. The summed E-state index contributed by atoms with van der Waals surface area (Å²) in [7, 11) is 1.61. The minimum Gasteiger partial charge on any atom is -0.496 e. The van der Waals surface area contributed by atoms with Gasteiger partial charge in [-0.3, -0.25) is 19.7 Å². The molecule has 0 aliphatic carbocycles. The van der Waals surface area contributed by atoms with Crippen LogP contribution in [0.2, 0.25) is 5.15 Å². The number of hydrogen-bond donors (Lipinski definition) is 2. The molecule has 30 heavy (non-hydrogen) atoms. The highest BCUT2D eigenvalue weighted by atomic mass is 35.5. The van der Waals surface area contributed by atoms with Crippen molar-refractivity contribution in [1.82, 2.24) is 20.3 Å². The average molecular weight is 428 g/mol. The highest BCUT2D eigenvalue weighted by molar-refractivity contribution is 6.39. The third kappa shape index (κ3) is 3.24. The Bertz CT molecular complexity index is 1100. The van der Waals surface area contributed by atoms with Crippen molar-refractivity contribution in [3.63, 3.8) is 0 Å². The number of pyridine rings is 1. The van der Waals surface area contributed by atoms with Gasteiger partial charge < -0.3 is 15.8 Å². The van der Waals surface area contributed by atoms with E-state index in [1.54, 1.807) is 25.7 Å². The van der Waals surface area contributed by atoms with Gasteiger partial charge in [0.1, 0.15) is 10.9 Å². The average Bonchev–Trinajstić information content (AvgIpc) is 3.20. The Balaban J connectivity index is 1.80. The molecule has 4 heterocycles. The molecule has 3 N–H and O–H groups in total. The van der Waals surface area contributed by atoms with Gasteiger partial charge in [-0.05, 0) is 26.8 Å². The number of nitrogens with zero attached hydrogens (tertiary/aromatic N) is 5. The maximum Gasteiger partial charge on any atom is 0.260 e. The third-order valence-corrected chi connectivity index (χ3v) is 5.63. The van der Waals surface area contributed by atoms with Gasteiger partial charge in [0.15, 0.2) is 5.82 Å². The lowest BCUT2D eigenvalue weighted by molar-refractivity contribution is -0.113. The summed E-state index contributed by atoms with van der Waals surface area (Å²) in [6, 6.07) is -0.147. The molecule has 0 radical (unpaired) electrons. The second kappa shape index (κ2) is 7.56. The van der Waals surface area contributed by atoms with Crippen molar-refractivity contribution in [3.8, 4) is 5.75 Å². The fourth-order valence-corrected chi connectivity index (χ4v) is 4.00. The summed E-state index contributed by atoms with van der Waals surface area (Å²) in [5, 5.41) is 3.25. The number of carbonyl (C=O) groups excluding carboxylic acids is 1. The number of nitrogens with one attached hydrogen (secondary N) is 1. The second-order valence-electron chi connectivity index (χ2n) is 7.31. The van der Waals surface area contributed by atoms with Crippen LogP contribution in [0.4, 0.5) is 11.8 Å². The highest BCUT2D eigenvalue weighted by Gasteiger charge is 2.38. The van der Waals surface area contributed by atoms with Crippen LogP contribution in [0.25, 0.3) is 5.57 Å². The van der Waals surface area contributed by atoms with Crippen molar-refractivity contribution in [2.75, 3.05) is 17.7 Å². The first-order valence-corrected chi connectivity index (χ1v) is 9.83. The number of methoxy groups -OCH3 is 1. The van der Waals surface area contributed by atoms with Crippen LogP contribution in [-0.2, 0) is 11.3 Å². The molecule has 0 bridgehead atoms. The van der Waals surface area contributed by atoms with E-state index in [0.717, 1.165) is 16.9 Å². The van der Waals surface area contributed by atoms with Gasteiger partial charge in [-0.1, -0.05) is 11.6 Å². The molecule has 0 spiro atoms. The first-order valence-electron chi connectivity index (χ1n) is 9.45. The summed E-state index contributed by atoms with van der Waals surface area (Å²) in [4.78, 5) is 32.2. The number of ether oxygens (including phenoxy) is 1. The maximum absolute atomic E-state index is 13.4. The lowest BCUT2D eigenvalue weighted by Crippen LogP contribution is -2.29. The summed E-state index contributed by atoms with van der Waals surface area (Å²) in [6.07, 6.45) is 5.16. The number of aromatic nitrogens is 3. The van der Waals surface area contributed by atoms with Gasteiger partial charge in [-0.2, -0.15) is 4.98 Å². The molecule has 4 rings (SSSR count). The Morgan fingerprint density at radius 1 is 1.37 bits per heavy atom. The first-order chi connectivity index (χ1) is 14.3. The maximum atomic E-state index is 13.4. The number of nitrogens with two attached hydrogens (primary N) is 1. The number of hydrogen-bond acceptors (Lipinski definition) is 8. The number of aryl methyl sites for hydroxylation is 1. The number of aliphatic imine (C=N–C) groups is 1. The van der Waals surface area contributed by atoms with E-state index in [2.05, 4.69) is 25.3 Å². The topological polar surface area (TPSA) is 119 Å². The van der Waals surface area contributed by atoms with Crippen molar-refractivity contribution in [2.45, 2.75) is 39.4 Å². The number of amides is 1. The van der Waals surface area contributed by atoms with Crippen LogP contribution < -0.4 is 20.7 Å². The molecule has 9 nitrogen and oxygen atoms in total. The van der Waals surface area contributed by atoms with Crippen LogP contribution in [0.5, 0.6) is 5.75 Å². The summed E-state index contributed by atoms with van der Waals surface area (Å²) < 4.78 is 5.49. The number of carbonyl (C=O) groups is 1. The van der Waals surface area contributed by atoms with Crippen molar-refractivity contribution < 1.29 is 9.53 Å². The zero-order valence-corrected chi connectivity index (χ0v) is 17.9. The molecule has 0 saturated heterocycles. The summed E-state index contributed by atoms with van der Waals surface area (Å²) in [6.45, 7) is 6.01. The molecular weight excluding hydrogens is 406 g/mol. The molecule has 2 aliphatic rings. The van der Waals surface area contributed by atoms with E-state index >= 15 is 0 Å². The minimum absolute atomic E-state index is 0.00195. The molecular formula is C20H22ClN7O2. The largest absolute Gasteiger partial charge is 0.496 e. The number of rotatable bonds is 4. The van der Waals surface area contributed by atoms with Gasteiger partial charge in [0.25, 0.3) is 5.91 Å². The molecule has 156 valence electrons. The molecule has 2 aromatic heterocycles. The van der Waals surface area contributed by atoms with Gasteiger partial charge in [0, 0.05) is 17.3 Å². The standard InChI is InChI=1S/C20H22ClN7O2/c1-9-6-23-14(10(2)16(9)30-4)7-28-18-15(17(21)26-20(22)27-18)12(19(28)29)5-13-11(3)24-8-25-13/h5-6,8,11,13H,7H2,1-4H3,(H,24,25)(H2,22,26,27)/b12-5-. The molecule has 0 saturated carbocycles. The van der Waals surface area contributed by atoms with Crippen LogP contribution >= 0.6 is 11.6 Å². The number of halogens is 1. The van der Waals surface area contributed by atoms with Gasteiger partial charge in [0.05, 0.1) is 48.9 Å². The SMILES string of the molecule is COc1c(C)cnc(CN2C(=O)/C(=C\C3N=CNC3C)c3c(Cl)nc(N)nc32)c1C. The molecule has 2 aromatic rings. The van der Waals surface area contributed by atoms with Crippen LogP contribution in [0.1, 0.15) is 29.3 Å². The quantitative estimate of drug-likeness (QED) is 0.566. The molecule has 2 atom stereocenters. The van der Waals surface area contributed by atoms with E-state index in [9.17, 15) is 4.79 Å². The molecule has 0 aromatic carbocycles. The normalized spacial score (nSPS) is 21.3. The number of nitrogen functional groups attached to an aromatic ring is 1. The smallest absolute Gasteiger partial charge is 0.260 e.